The minimum absolute atomic E-state index is 0.0848. The zero-order valence-electron chi connectivity index (χ0n) is 14.6. The maximum absolute atomic E-state index is 12.4. The molecular formula is C19H24N3O2S+. The number of aryl methyl sites for hydroxylation is 1. The molecule has 1 aliphatic rings. The normalized spacial score (nSPS) is 14.8. The fourth-order valence-corrected chi connectivity index (χ4v) is 3.69. The van der Waals surface area contributed by atoms with Crippen molar-refractivity contribution in [3.05, 3.63) is 51.7 Å². The van der Waals surface area contributed by atoms with E-state index in [0.717, 1.165) is 24.3 Å². The molecule has 1 heterocycles. The molecule has 6 heteroatoms. The number of anilines is 1. The predicted octanol–water partition coefficient (Wildman–Crippen LogP) is 1.60. The molecule has 2 aromatic rings. The number of quaternary nitrogens is 1. The van der Waals surface area contributed by atoms with Gasteiger partial charge in [-0.05, 0) is 48.9 Å². The van der Waals surface area contributed by atoms with Gasteiger partial charge in [0.25, 0.3) is 11.8 Å². The first-order valence-corrected chi connectivity index (χ1v) is 9.45. The van der Waals surface area contributed by atoms with Gasteiger partial charge >= 0.3 is 0 Å². The van der Waals surface area contributed by atoms with Crippen molar-refractivity contribution in [2.24, 2.45) is 0 Å². The van der Waals surface area contributed by atoms with Crippen LogP contribution in [-0.4, -0.2) is 31.4 Å². The van der Waals surface area contributed by atoms with E-state index in [4.69, 9.17) is 0 Å². The van der Waals surface area contributed by atoms with Gasteiger partial charge in [0.05, 0.1) is 23.2 Å². The molecule has 2 amide bonds. The van der Waals surface area contributed by atoms with Crippen molar-refractivity contribution in [2.45, 2.75) is 32.4 Å². The van der Waals surface area contributed by atoms with E-state index in [1.807, 2.05) is 19.2 Å². The molecule has 0 aliphatic heterocycles. The van der Waals surface area contributed by atoms with E-state index in [2.05, 4.69) is 29.0 Å². The van der Waals surface area contributed by atoms with E-state index < -0.39 is 0 Å². The standard InChI is InChI=1S/C19H23N3O2S/c1-13-9-10-25-17(13)11-22(2)12-18(23)21-16-6-4-3-5-15(16)19(24)20-14-7-8-14/h3-6,9-10,14H,7-8,11-12H2,1-2H3,(H,20,24)(H,21,23)/p+1. The predicted molar refractivity (Wildman–Crippen MR) is 100 cm³/mol. The Kier molecular flexibility index (Phi) is 5.50. The van der Waals surface area contributed by atoms with E-state index in [9.17, 15) is 9.59 Å². The van der Waals surface area contributed by atoms with Crippen LogP contribution in [0.5, 0.6) is 0 Å². The average molecular weight is 358 g/mol. The molecule has 1 fully saturated rings. The number of benzene rings is 1. The fraction of sp³-hybridized carbons (Fsp3) is 0.368. The monoisotopic (exact) mass is 358 g/mol. The van der Waals surface area contributed by atoms with E-state index in [1.54, 1.807) is 23.5 Å². The van der Waals surface area contributed by atoms with Gasteiger partial charge in [-0.3, -0.25) is 9.59 Å². The highest BCUT2D eigenvalue weighted by Gasteiger charge is 2.25. The van der Waals surface area contributed by atoms with E-state index in [0.29, 0.717) is 23.8 Å². The average Bonchev–Trinajstić information content (AvgIpc) is 3.29. The quantitative estimate of drug-likeness (QED) is 0.704. The number of carbonyl (C=O) groups is 2. The summed E-state index contributed by atoms with van der Waals surface area (Å²) < 4.78 is 0. The smallest absolute Gasteiger partial charge is 0.279 e. The Morgan fingerprint density at radius 2 is 2.00 bits per heavy atom. The van der Waals surface area contributed by atoms with Crippen molar-refractivity contribution >= 4 is 28.8 Å². The zero-order valence-corrected chi connectivity index (χ0v) is 15.4. The third-order valence-electron chi connectivity index (χ3n) is 4.25. The summed E-state index contributed by atoms with van der Waals surface area (Å²) in [5.74, 6) is -0.202. The number of likely N-dealkylation sites (N-methyl/N-ethyl adjacent to an activating group) is 1. The van der Waals surface area contributed by atoms with Crippen LogP contribution in [0.2, 0.25) is 0 Å². The SMILES string of the molecule is Cc1ccsc1C[NH+](C)CC(=O)Nc1ccccc1C(=O)NC1CC1. The minimum Gasteiger partial charge on any atom is -0.349 e. The highest BCUT2D eigenvalue weighted by atomic mass is 32.1. The van der Waals surface area contributed by atoms with Gasteiger partial charge < -0.3 is 15.5 Å². The molecule has 5 nitrogen and oxygen atoms in total. The molecule has 1 aliphatic carbocycles. The molecule has 0 bridgehead atoms. The van der Waals surface area contributed by atoms with Gasteiger partial charge in [-0.25, -0.2) is 0 Å². The first kappa shape index (κ1) is 17.6. The number of rotatable bonds is 7. The summed E-state index contributed by atoms with van der Waals surface area (Å²) in [7, 11) is 2.00. The Bertz CT molecular complexity index is 768. The lowest BCUT2D eigenvalue weighted by molar-refractivity contribution is -0.884. The van der Waals surface area contributed by atoms with Crippen molar-refractivity contribution in [3.63, 3.8) is 0 Å². The number of para-hydroxylation sites is 1. The summed E-state index contributed by atoms with van der Waals surface area (Å²) in [6.45, 7) is 3.27. The van der Waals surface area contributed by atoms with Gasteiger partial charge in [-0.1, -0.05) is 12.1 Å². The molecule has 3 rings (SSSR count). The first-order chi connectivity index (χ1) is 12.0. The van der Waals surface area contributed by atoms with Gasteiger partial charge in [-0.15, -0.1) is 11.3 Å². The van der Waals surface area contributed by atoms with Gasteiger partial charge in [0.2, 0.25) is 0 Å². The van der Waals surface area contributed by atoms with E-state index >= 15 is 0 Å². The lowest BCUT2D eigenvalue weighted by atomic mass is 10.1. The number of thiophene rings is 1. The number of hydrogen-bond donors (Lipinski definition) is 3. The van der Waals surface area contributed by atoms with Gasteiger partial charge in [0, 0.05) is 6.04 Å². The third-order valence-corrected chi connectivity index (χ3v) is 5.27. The van der Waals surface area contributed by atoms with E-state index in [-0.39, 0.29) is 11.8 Å². The Morgan fingerprint density at radius 1 is 1.24 bits per heavy atom. The molecular weight excluding hydrogens is 334 g/mol. The van der Waals surface area contributed by atoms with Gasteiger partial charge in [0.1, 0.15) is 6.54 Å². The number of amides is 2. The van der Waals surface area contributed by atoms with Crippen LogP contribution in [0, 0.1) is 6.92 Å². The minimum atomic E-state index is -0.117. The van der Waals surface area contributed by atoms with Crippen molar-refractivity contribution in [1.82, 2.24) is 5.32 Å². The molecule has 1 aromatic carbocycles. The van der Waals surface area contributed by atoms with Crippen LogP contribution in [0.15, 0.2) is 35.7 Å². The molecule has 0 saturated heterocycles. The number of nitrogens with one attached hydrogen (secondary N) is 3. The Balaban J connectivity index is 1.58. The van der Waals surface area contributed by atoms with Gasteiger partial charge in [-0.2, -0.15) is 0 Å². The summed E-state index contributed by atoms with van der Waals surface area (Å²) in [6.07, 6.45) is 2.08. The molecule has 1 unspecified atom stereocenters. The van der Waals surface area contributed by atoms with Crippen molar-refractivity contribution in [1.29, 1.82) is 0 Å². The first-order valence-electron chi connectivity index (χ1n) is 8.57. The highest BCUT2D eigenvalue weighted by Crippen LogP contribution is 2.21. The maximum Gasteiger partial charge on any atom is 0.279 e. The summed E-state index contributed by atoms with van der Waals surface area (Å²) in [5, 5.41) is 7.94. The largest absolute Gasteiger partial charge is 0.349 e. The van der Waals surface area contributed by atoms with Crippen molar-refractivity contribution < 1.29 is 14.5 Å². The van der Waals surface area contributed by atoms with Crippen molar-refractivity contribution in [2.75, 3.05) is 18.9 Å². The molecule has 1 aromatic heterocycles. The number of carbonyl (C=O) groups excluding carboxylic acids is 2. The Labute approximate surface area is 152 Å². The van der Waals surface area contributed by atoms with Crippen LogP contribution in [0.3, 0.4) is 0 Å². The van der Waals surface area contributed by atoms with Crippen LogP contribution in [0.4, 0.5) is 5.69 Å². The van der Waals surface area contributed by atoms with E-state index in [1.165, 1.54) is 10.4 Å². The van der Waals surface area contributed by atoms with Crippen molar-refractivity contribution in [3.8, 4) is 0 Å². The second-order valence-electron chi connectivity index (χ2n) is 6.68. The summed E-state index contributed by atoms with van der Waals surface area (Å²) in [4.78, 5) is 27.1. The third kappa shape index (κ3) is 4.90. The van der Waals surface area contributed by atoms with Crippen LogP contribution in [-0.2, 0) is 11.3 Å². The Morgan fingerprint density at radius 3 is 2.68 bits per heavy atom. The number of hydrogen-bond acceptors (Lipinski definition) is 3. The summed E-state index contributed by atoms with van der Waals surface area (Å²) in [5.41, 5.74) is 2.37. The van der Waals surface area contributed by atoms with Gasteiger partial charge in [0.15, 0.2) is 6.54 Å². The fourth-order valence-electron chi connectivity index (χ4n) is 2.67. The summed E-state index contributed by atoms with van der Waals surface area (Å²) in [6, 6.07) is 9.56. The van der Waals surface area contributed by atoms with Crippen LogP contribution in [0.1, 0.15) is 33.6 Å². The lowest BCUT2D eigenvalue weighted by Crippen LogP contribution is -3.08. The van der Waals surface area contributed by atoms with Crippen LogP contribution >= 0.6 is 11.3 Å². The molecule has 3 N–H and O–H groups in total. The molecule has 0 spiro atoms. The van der Waals surface area contributed by atoms with Crippen LogP contribution in [0.25, 0.3) is 0 Å². The molecule has 25 heavy (non-hydrogen) atoms. The molecule has 1 atom stereocenters. The second kappa shape index (κ2) is 7.80. The highest BCUT2D eigenvalue weighted by molar-refractivity contribution is 7.10. The maximum atomic E-state index is 12.4. The molecule has 132 valence electrons. The zero-order chi connectivity index (χ0) is 17.8. The second-order valence-corrected chi connectivity index (χ2v) is 7.68. The topological polar surface area (TPSA) is 62.6 Å². The summed E-state index contributed by atoms with van der Waals surface area (Å²) >= 11 is 1.72. The lowest BCUT2D eigenvalue weighted by Gasteiger charge is -2.15. The van der Waals surface area contributed by atoms with Crippen LogP contribution < -0.4 is 15.5 Å². The molecule has 1 saturated carbocycles. The molecule has 0 radical (unpaired) electrons. The Hall–Kier alpha value is -2.18.